The predicted molar refractivity (Wildman–Crippen MR) is 162 cm³/mol. The number of nitrogens with one attached hydrogen (secondary N) is 1. The van der Waals surface area contributed by atoms with Gasteiger partial charge in [0.2, 0.25) is 5.95 Å². The summed E-state index contributed by atoms with van der Waals surface area (Å²) >= 11 is 0. The molecule has 14 nitrogen and oxygen atoms in total. The Labute approximate surface area is 264 Å². The van der Waals surface area contributed by atoms with Crippen LogP contribution in [0.1, 0.15) is 59.6 Å². The molecular weight excluding hydrogens is 627 g/mol. The van der Waals surface area contributed by atoms with E-state index < -0.39 is 56.3 Å². The smallest absolute Gasteiger partial charge is 0.459 e. The maximum Gasteiger partial charge on any atom is 0.459 e. The van der Waals surface area contributed by atoms with Crippen molar-refractivity contribution in [3.63, 3.8) is 0 Å². The van der Waals surface area contributed by atoms with E-state index in [9.17, 15) is 14.5 Å². The fourth-order valence-corrected chi connectivity index (χ4v) is 6.99. The van der Waals surface area contributed by atoms with E-state index in [-0.39, 0.29) is 17.3 Å². The minimum Gasteiger partial charge on any atom is -0.462 e. The quantitative estimate of drug-likeness (QED) is 0.177. The first kappa shape index (κ1) is 32.5. The number of carbonyl (C=O) groups excluding carboxylic acids is 1. The zero-order chi connectivity index (χ0) is 33.0. The van der Waals surface area contributed by atoms with Crippen LogP contribution in [0, 0.1) is 0 Å². The lowest BCUT2D eigenvalue weighted by Gasteiger charge is -2.28. The van der Waals surface area contributed by atoms with Crippen LogP contribution in [0.15, 0.2) is 36.7 Å². The summed E-state index contributed by atoms with van der Waals surface area (Å²) < 4.78 is 69.5. The number of para-hydroxylation sites is 1. The molecule has 3 heterocycles. The molecule has 0 spiro atoms. The maximum absolute atomic E-state index is 16.5. The minimum absolute atomic E-state index is 0.0705. The topological polar surface area (TPSA) is 176 Å². The number of ether oxygens (including phenoxy) is 2. The highest BCUT2D eigenvalue weighted by molar-refractivity contribution is 7.52. The van der Waals surface area contributed by atoms with Gasteiger partial charge in [-0.2, -0.15) is 15.1 Å². The molecule has 1 saturated heterocycles. The van der Waals surface area contributed by atoms with Crippen molar-refractivity contribution in [1.29, 1.82) is 0 Å². The molecule has 17 heteroatoms. The molecule has 46 heavy (non-hydrogen) atoms. The first-order valence-electron chi connectivity index (χ1n) is 15.2. The Bertz CT molecular complexity index is 1630. The summed E-state index contributed by atoms with van der Waals surface area (Å²) in [5, 5.41) is 13.4. The van der Waals surface area contributed by atoms with Gasteiger partial charge in [-0.1, -0.05) is 18.2 Å². The van der Waals surface area contributed by atoms with Crippen LogP contribution in [-0.2, 0) is 23.4 Å². The zero-order valence-corrected chi connectivity index (χ0v) is 26.8. The van der Waals surface area contributed by atoms with Crippen molar-refractivity contribution in [1.82, 2.24) is 24.6 Å². The molecule has 1 aliphatic heterocycles. The molecule has 0 radical (unpaired) electrons. The highest BCUT2D eigenvalue weighted by atomic mass is 31.2. The van der Waals surface area contributed by atoms with E-state index in [0.717, 1.165) is 37.2 Å². The number of nitrogen functional groups attached to an aromatic ring is 1. The second-order valence-electron chi connectivity index (χ2n) is 12.4. The summed E-state index contributed by atoms with van der Waals surface area (Å²) in [4.78, 5) is 27.8. The molecule has 0 bridgehead atoms. The van der Waals surface area contributed by atoms with Crippen molar-refractivity contribution >= 4 is 36.6 Å². The van der Waals surface area contributed by atoms with E-state index in [0.29, 0.717) is 23.4 Å². The molecule has 250 valence electrons. The number of aromatic nitrogens is 4. The summed E-state index contributed by atoms with van der Waals surface area (Å²) in [5.74, 6) is -3.51. The number of carbonyl (C=O) groups is 1. The van der Waals surface area contributed by atoms with E-state index in [1.165, 1.54) is 25.4 Å². The molecule has 2 aromatic heterocycles. The average Bonchev–Trinajstić information content (AvgIpc) is 3.93. The standard InChI is InChI=1S/C29H38F2N7O7P/c1-16(2)43-24(39)17(3)36-46(41,45-20-8-6-5-7-9-20)42-14-29(31)25(40)28(4,30)26(44-29)37-15-33-21-22(37)34-27(32)35-23(21)38(18-10-11-18)19-12-13-19/h5-9,15-19,25-26,40H,10-14H2,1-4H3,(H,36,41)(H2,32,34,35)/t17-,25-,26+,28+,29+,46?/m0/s1. The number of alkyl halides is 2. The number of fused-ring (bicyclic) bond motifs is 1. The van der Waals surface area contributed by atoms with Gasteiger partial charge in [0.1, 0.15) is 18.4 Å². The summed E-state index contributed by atoms with van der Waals surface area (Å²) in [7, 11) is -4.57. The van der Waals surface area contributed by atoms with Crippen molar-refractivity contribution in [2.45, 2.75) is 101 Å². The highest BCUT2D eigenvalue weighted by Gasteiger charge is 2.65. The van der Waals surface area contributed by atoms with Crippen LogP contribution >= 0.6 is 7.75 Å². The van der Waals surface area contributed by atoms with Crippen LogP contribution in [0.5, 0.6) is 5.75 Å². The fourth-order valence-electron chi connectivity index (χ4n) is 5.49. The SMILES string of the molecule is CC(C)OC(=O)[C@H](C)NP(=O)(OC[C@@]1(F)O[C@@H](n2cnc3c(N(C4CC4)C4CC4)nc(N)nc32)[C@](C)(F)[C@@H]1O)Oc1ccccc1. The van der Waals surface area contributed by atoms with Gasteiger partial charge < -0.3 is 29.7 Å². The largest absolute Gasteiger partial charge is 0.462 e. The third-order valence-corrected chi connectivity index (χ3v) is 9.61. The third kappa shape index (κ3) is 6.41. The van der Waals surface area contributed by atoms with Crippen LogP contribution in [0.2, 0.25) is 0 Å². The number of anilines is 2. The van der Waals surface area contributed by atoms with Gasteiger partial charge in [-0.3, -0.25) is 13.9 Å². The summed E-state index contributed by atoms with van der Waals surface area (Å²) in [6, 6.07) is 7.18. The Morgan fingerprint density at radius 3 is 2.46 bits per heavy atom. The van der Waals surface area contributed by atoms with Gasteiger partial charge in [-0.05, 0) is 65.5 Å². The monoisotopic (exact) mass is 665 g/mol. The van der Waals surface area contributed by atoms with E-state index in [1.807, 2.05) is 0 Å². The van der Waals surface area contributed by atoms with Gasteiger partial charge in [0.05, 0.1) is 12.4 Å². The Morgan fingerprint density at radius 1 is 1.20 bits per heavy atom. The third-order valence-electron chi connectivity index (χ3n) is 7.99. The van der Waals surface area contributed by atoms with Crippen LogP contribution < -0.4 is 20.2 Å². The molecule has 1 aromatic carbocycles. The van der Waals surface area contributed by atoms with E-state index in [1.54, 1.807) is 32.0 Å². The van der Waals surface area contributed by atoms with Gasteiger partial charge in [0.25, 0.3) is 5.85 Å². The molecule has 6 atom stereocenters. The average molecular weight is 666 g/mol. The van der Waals surface area contributed by atoms with Crippen LogP contribution in [-0.4, -0.2) is 79.1 Å². The molecule has 4 N–H and O–H groups in total. The minimum atomic E-state index is -4.57. The van der Waals surface area contributed by atoms with E-state index in [2.05, 4.69) is 24.9 Å². The van der Waals surface area contributed by atoms with Crippen LogP contribution in [0.3, 0.4) is 0 Å². The van der Waals surface area contributed by atoms with E-state index >= 15 is 8.78 Å². The maximum atomic E-state index is 16.5. The Balaban J connectivity index is 1.27. The summed E-state index contributed by atoms with van der Waals surface area (Å²) in [5.41, 5.74) is 3.74. The number of rotatable bonds is 13. The van der Waals surface area contributed by atoms with Gasteiger partial charge in [0, 0.05) is 12.1 Å². The molecule has 1 unspecified atom stereocenters. The number of aliphatic hydroxyl groups is 1. The predicted octanol–water partition coefficient (Wildman–Crippen LogP) is 3.96. The molecule has 3 fully saturated rings. The zero-order valence-electron chi connectivity index (χ0n) is 25.9. The molecule has 3 aliphatic rings. The van der Waals surface area contributed by atoms with Gasteiger partial charge >= 0.3 is 13.7 Å². The molecular formula is C29H38F2N7O7P. The highest BCUT2D eigenvalue weighted by Crippen LogP contribution is 2.52. The lowest BCUT2D eigenvalue weighted by molar-refractivity contribution is -0.202. The number of halogens is 2. The molecule has 6 rings (SSSR count). The number of hydrogen-bond acceptors (Lipinski definition) is 12. The van der Waals surface area contributed by atoms with Crippen molar-refractivity contribution in [3.8, 4) is 5.75 Å². The van der Waals surface area contributed by atoms with E-state index in [4.69, 9.17) is 24.3 Å². The molecule has 3 aromatic rings. The lowest BCUT2D eigenvalue weighted by atomic mass is 9.97. The Hall–Kier alpha value is -3.43. The lowest BCUT2D eigenvalue weighted by Crippen LogP contribution is -2.47. The number of hydrogen-bond donors (Lipinski definition) is 3. The van der Waals surface area contributed by atoms with Crippen molar-refractivity contribution in [2.24, 2.45) is 0 Å². The number of esters is 1. The van der Waals surface area contributed by atoms with Crippen molar-refractivity contribution < 1.29 is 41.8 Å². The number of imidazole rings is 1. The van der Waals surface area contributed by atoms with Gasteiger partial charge in [-0.15, -0.1) is 0 Å². The summed E-state index contributed by atoms with van der Waals surface area (Å²) in [6.07, 6.45) is 0.536. The van der Waals surface area contributed by atoms with Crippen molar-refractivity contribution in [3.05, 3.63) is 36.7 Å². The summed E-state index contributed by atoms with van der Waals surface area (Å²) in [6.45, 7) is 4.34. The molecule has 2 aliphatic carbocycles. The second-order valence-corrected chi connectivity index (χ2v) is 14.1. The first-order chi connectivity index (χ1) is 21.7. The first-order valence-corrected chi connectivity index (χ1v) is 16.7. The fraction of sp³-hybridized carbons (Fsp3) is 0.586. The number of nitrogens with zero attached hydrogens (tertiary/aromatic N) is 5. The number of nitrogens with two attached hydrogens (primary N) is 1. The Morgan fingerprint density at radius 2 is 1.85 bits per heavy atom. The number of aliphatic hydroxyl groups excluding tert-OH is 1. The van der Waals surface area contributed by atoms with Crippen molar-refractivity contribution in [2.75, 3.05) is 17.2 Å². The second kappa shape index (κ2) is 12.0. The van der Waals surface area contributed by atoms with Gasteiger partial charge in [-0.25, -0.2) is 18.3 Å². The molecule has 2 saturated carbocycles. The normalized spacial score (nSPS) is 28.3. The number of benzene rings is 1. The Kier molecular flexibility index (Phi) is 8.47. The van der Waals surface area contributed by atoms with Crippen LogP contribution in [0.25, 0.3) is 11.2 Å². The van der Waals surface area contributed by atoms with Crippen LogP contribution in [0.4, 0.5) is 20.5 Å². The van der Waals surface area contributed by atoms with Gasteiger partial charge in [0.15, 0.2) is 35.0 Å². The molecule has 0 amide bonds.